The van der Waals surface area contributed by atoms with E-state index < -0.39 is 0 Å². The summed E-state index contributed by atoms with van der Waals surface area (Å²) in [4.78, 5) is 4.75. The number of imidazole rings is 1. The number of halogens is 1. The normalized spacial score (nSPS) is 11.4. The monoisotopic (exact) mass is 350 g/mol. The van der Waals surface area contributed by atoms with Gasteiger partial charge in [0.2, 0.25) is 0 Å². The Morgan fingerprint density at radius 3 is 2.45 bits per heavy atom. The van der Waals surface area contributed by atoms with Crippen molar-refractivity contribution in [3.63, 3.8) is 0 Å². The fourth-order valence-corrected chi connectivity index (χ4v) is 3.39. The molecule has 108 valence electrons. The molecule has 2 nitrogen and oxygen atoms in total. The van der Waals surface area contributed by atoms with Crippen molar-refractivity contribution in [1.82, 2.24) is 9.38 Å². The van der Waals surface area contributed by atoms with E-state index in [1.165, 1.54) is 27.6 Å². The molecule has 0 N–H and O–H groups in total. The molecule has 0 bridgehead atoms. The second-order valence-electron chi connectivity index (χ2n) is 5.58. The topological polar surface area (TPSA) is 17.3 Å². The zero-order chi connectivity index (χ0) is 15.3. The van der Waals surface area contributed by atoms with Crippen LogP contribution in [0.2, 0.25) is 0 Å². The minimum atomic E-state index is 0.902. The maximum absolute atomic E-state index is 4.75. The van der Waals surface area contributed by atoms with E-state index in [1.807, 2.05) is 6.07 Å². The van der Waals surface area contributed by atoms with E-state index in [4.69, 9.17) is 4.98 Å². The van der Waals surface area contributed by atoms with Crippen LogP contribution >= 0.6 is 15.9 Å². The van der Waals surface area contributed by atoms with Gasteiger partial charge in [0, 0.05) is 5.39 Å². The van der Waals surface area contributed by atoms with Gasteiger partial charge in [-0.25, -0.2) is 4.98 Å². The van der Waals surface area contributed by atoms with Crippen LogP contribution < -0.4 is 0 Å². The van der Waals surface area contributed by atoms with Crippen molar-refractivity contribution in [1.29, 1.82) is 0 Å². The minimum absolute atomic E-state index is 0.902. The first-order valence-corrected chi connectivity index (χ1v) is 8.08. The molecule has 22 heavy (non-hydrogen) atoms. The summed E-state index contributed by atoms with van der Waals surface area (Å²) in [5.74, 6) is 0. The molecule has 0 aliphatic heterocycles. The lowest BCUT2D eigenvalue weighted by atomic mass is 10.0. The lowest BCUT2D eigenvalue weighted by Crippen LogP contribution is -1.96. The Hall–Kier alpha value is -2.13. The summed E-state index contributed by atoms with van der Waals surface area (Å²) in [6, 6.07) is 19.1. The van der Waals surface area contributed by atoms with Crippen LogP contribution in [0.25, 0.3) is 27.7 Å². The van der Waals surface area contributed by atoms with Crippen LogP contribution in [-0.4, -0.2) is 9.38 Å². The van der Waals surface area contributed by atoms with Crippen LogP contribution in [0, 0.1) is 13.8 Å². The first-order chi connectivity index (χ1) is 10.7. The van der Waals surface area contributed by atoms with Crippen LogP contribution in [0.3, 0.4) is 0 Å². The summed E-state index contributed by atoms with van der Waals surface area (Å²) >= 11 is 3.59. The molecule has 0 radical (unpaired) electrons. The number of fused-ring (bicyclic) bond motifs is 3. The number of hydrogen-bond acceptors (Lipinski definition) is 1. The van der Waals surface area contributed by atoms with Crippen molar-refractivity contribution in [2.75, 3.05) is 0 Å². The Bertz CT molecular complexity index is 1000. The van der Waals surface area contributed by atoms with E-state index in [2.05, 4.69) is 82.7 Å². The van der Waals surface area contributed by atoms with Gasteiger partial charge in [-0.2, -0.15) is 0 Å². The Labute approximate surface area is 137 Å². The molecule has 4 rings (SSSR count). The predicted octanol–water partition coefficient (Wildman–Crippen LogP) is 5.53. The molecule has 2 aromatic heterocycles. The Kier molecular flexibility index (Phi) is 3.05. The molecule has 0 saturated heterocycles. The van der Waals surface area contributed by atoms with Crippen molar-refractivity contribution in [2.24, 2.45) is 0 Å². The van der Waals surface area contributed by atoms with Crippen LogP contribution in [0.15, 0.2) is 59.2 Å². The highest BCUT2D eigenvalue weighted by Crippen LogP contribution is 2.32. The Morgan fingerprint density at radius 1 is 0.909 bits per heavy atom. The van der Waals surface area contributed by atoms with Gasteiger partial charge in [0.15, 0.2) is 0 Å². The van der Waals surface area contributed by atoms with E-state index in [0.717, 1.165) is 15.9 Å². The van der Waals surface area contributed by atoms with E-state index in [-0.39, 0.29) is 0 Å². The lowest BCUT2D eigenvalue weighted by molar-refractivity contribution is 1.12. The SMILES string of the molecule is Cc1cccc2c1cc(-c1ccccc1)n1c(C)c(Br)nc21. The van der Waals surface area contributed by atoms with E-state index in [1.54, 1.807) is 0 Å². The van der Waals surface area contributed by atoms with E-state index in [0.29, 0.717) is 0 Å². The average Bonchev–Trinajstić information content (AvgIpc) is 2.84. The highest BCUT2D eigenvalue weighted by molar-refractivity contribution is 9.10. The summed E-state index contributed by atoms with van der Waals surface area (Å²) < 4.78 is 3.14. The summed E-state index contributed by atoms with van der Waals surface area (Å²) in [5, 5.41) is 2.44. The number of pyridine rings is 1. The van der Waals surface area contributed by atoms with Gasteiger partial charge in [-0.05, 0) is 52.4 Å². The summed E-state index contributed by atoms with van der Waals surface area (Å²) in [6.07, 6.45) is 0. The van der Waals surface area contributed by atoms with Crippen molar-refractivity contribution < 1.29 is 0 Å². The van der Waals surface area contributed by atoms with Crippen LogP contribution in [-0.2, 0) is 0 Å². The van der Waals surface area contributed by atoms with Crippen LogP contribution in [0.4, 0.5) is 0 Å². The van der Waals surface area contributed by atoms with Gasteiger partial charge < -0.3 is 0 Å². The van der Waals surface area contributed by atoms with Gasteiger partial charge in [0.1, 0.15) is 10.3 Å². The lowest BCUT2D eigenvalue weighted by Gasteiger charge is -2.12. The van der Waals surface area contributed by atoms with Gasteiger partial charge in [-0.1, -0.05) is 48.5 Å². The van der Waals surface area contributed by atoms with Gasteiger partial charge in [0.25, 0.3) is 0 Å². The quantitative estimate of drug-likeness (QED) is 0.440. The molecule has 2 aromatic carbocycles. The molecule has 0 aliphatic rings. The average molecular weight is 351 g/mol. The standard InChI is InChI=1S/C19H15BrN2/c1-12-7-6-10-15-16(12)11-17(14-8-4-3-5-9-14)22-13(2)18(20)21-19(15)22/h3-11H,1-2H3. The minimum Gasteiger partial charge on any atom is -0.295 e. The summed E-state index contributed by atoms with van der Waals surface area (Å²) in [5.41, 5.74) is 5.77. The molecule has 0 amide bonds. The maximum Gasteiger partial charge on any atom is 0.146 e. The molecule has 0 spiro atoms. The number of benzene rings is 2. The summed E-state index contributed by atoms with van der Waals surface area (Å²) in [7, 11) is 0. The smallest absolute Gasteiger partial charge is 0.146 e. The Morgan fingerprint density at radius 2 is 1.68 bits per heavy atom. The van der Waals surface area contributed by atoms with Gasteiger partial charge in [0.05, 0.1) is 11.4 Å². The second kappa shape index (κ2) is 4.96. The van der Waals surface area contributed by atoms with Crippen molar-refractivity contribution in [2.45, 2.75) is 13.8 Å². The number of nitrogens with zero attached hydrogens (tertiary/aromatic N) is 2. The number of hydrogen-bond donors (Lipinski definition) is 0. The third kappa shape index (κ3) is 1.89. The van der Waals surface area contributed by atoms with Crippen molar-refractivity contribution in [3.05, 3.63) is 70.5 Å². The van der Waals surface area contributed by atoms with Gasteiger partial charge >= 0.3 is 0 Å². The summed E-state index contributed by atoms with van der Waals surface area (Å²) in [6.45, 7) is 4.25. The fraction of sp³-hybridized carbons (Fsp3) is 0.105. The number of aryl methyl sites for hydroxylation is 2. The first-order valence-electron chi connectivity index (χ1n) is 7.29. The molecule has 0 unspecified atom stereocenters. The number of rotatable bonds is 1. The number of aromatic nitrogens is 2. The Balaban J connectivity index is 2.25. The molecule has 0 fully saturated rings. The van der Waals surface area contributed by atoms with Gasteiger partial charge in [-0.15, -0.1) is 0 Å². The molecule has 0 atom stereocenters. The molecule has 4 aromatic rings. The van der Waals surface area contributed by atoms with E-state index >= 15 is 0 Å². The predicted molar refractivity (Wildman–Crippen MR) is 95.3 cm³/mol. The highest BCUT2D eigenvalue weighted by atomic mass is 79.9. The third-order valence-electron chi connectivity index (χ3n) is 4.21. The zero-order valence-electron chi connectivity index (χ0n) is 12.5. The van der Waals surface area contributed by atoms with Crippen LogP contribution in [0.5, 0.6) is 0 Å². The molecule has 0 saturated carbocycles. The molecule has 0 aliphatic carbocycles. The van der Waals surface area contributed by atoms with E-state index in [9.17, 15) is 0 Å². The van der Waals surface area contributed by atoms with Crippen molar-refractivity contribution in [3.8, 4) is 11.3 Å². The molecule has 2 heterocycles. The van der Waals surface area contributed by atoms with Crippen LogP contribution in [0.1, 0.15) is 11.3 Å². The fourth-order valence-electron chi connectivity index (χ4n) is 3.04. The first kappa shape index (κ1) is 13.5. The largest absolute Gasteiger partial charge is 0.295 e. The molecular formula is C19H15BrN2. The maximum atomic E-state index is 4.75. The third-order valence-corrected chi connectivity index (χ3v) is 4.96. The second-order valence-corrected chi connectivity index (χ2v) is 6.33. The highest BCUT2D eigenvalue weighted by Gasteiger charge is 2.15. The van der Waals surface area contributed by atoms with Gasteiger partial charge in [-0.3, -0.25) is 4.40 Å². The molecular weight excluding hydrogens is 336 g/mol. The zero-order valence-corrected chi connectivity index (χ0v) is 14.1. The van der Waals surface area contributed by atoms with Crippen molar-refractivity contribution >= 4 is 32.3 Å². The molecule has 3 heteroatoms.